The number of rotatable bonds is 6. The molecule has 40 heavy (non-hydrogen) atoms. The lowest BCUT2D eigenvalue weighted by molar-refractivity contribution is 0.0979. The highest BCUT2D eigenvalue weighted by molar-refractivity contribution is 7.19. The average Bonchev–Trinajstić information content (AvgIpc) is 3.31. The Bertz CT molecular complexity index is 1830. The van der Waals surface area contributed by atoms with Crippen LogP contribution in [0.2, 0.25) is 0 Å². The molecule has 0 spiro atoms. The van der Waals surface area contributed by atoms with Gasteiger partial charge in [-0.15, -0.1) is 11.3 Å². The molecule has 0 bridgehead atoms. The number of nitrogens with two attached hydrogens (primary N) is 1. The number of nitrogen functional groups attached to an aromatic ring is 1. The predicted octanol–water partition coefficient (Wildman–Crippen LogP) is 6.33. The van der Waals surface area contributed by atoms with Crippen LogP contribution in [0.15, 0.2) is 103 Å². The van der Waals surface area contributed by atoms with E-state index in [1.165, 1.54) is 12.1 Å². The van der Waals surface area contributed by atoms with Crippen LogP contribution < -0.4 is 16.4 Å². The van der Waals surface area contributed by atoms with Crippen LogP contribution in [0.25, 0.3) is 0 Å². The normalized spacial score (nSPS) is 11.9. The summed E-state index contributed by atoms with van der Waals surface area (Å²) >= 11 is 1.09. The third kappa shape index (κ3) is 4.36. The number of benzene rings is 4. The summed E-state index contributed by atoms with van der Waals surface area (Å²) in [6.07, 6.45) is 0. The number of nitrogens with one attached hydrogen (secondary N) is 2. The maximum atomic E-state index is 13.6. The number of anilines is 4. The van der Waals surface area contributed by atoms with E-state index < -0.39 is 5.91 Å². The molecule has 0 radical (unpaired) electrons. The molecule has 5 aromatic rings. The van der Waals surface area contributed by atoms with Gasteiger partial charge in [0, 0.05) is 39.2 Å². The van der Waals surface area contributed by atoms with Crippen LogP contribution in [0.4, 0.5) is 22.1 Å². The smallest absolute Gasteiger partial charge is 0.260 e. The summed E-state index contributed by atoms with van der Waals surface area (Å²) in [6, 6.07) is 29.2. The zero-order valence-corrected chi connectivity index (χ0v) is 21.8. The topological polar surface area (TPSA) is 118 Å². The van der Waals surface area contributed by atoms with Gasteiger partial charge in [0.1, 0.15) is 9.88 Å². The minimum Gasteiger partial charge on any atom is -0.397 e. The molecule has 4 N–H and O–H groups in total. The lowest BCUT2D eigenvalue weighted by Gasteiger charge is -2.18. The van der Waals surface area contributed by atoms with Crippen LogP contribution in [0.1, 0.15) is 57.4 Å². The molecule has 7 nitrogen and oxygen atoms in total. The molecular weight excluding hydrogens is 522 g/mol. The number of ketones is 3. The molecule has 0 aliphatic heterocycles. The van der Waals surface area contributed by atoms with E-state index in [0.717, 1.165) is 11.3 Å². The molecule has 0 unspecified atom stereocenters. The van der Waals surface area contributed by atoms with Gasteiger partial charge in [-0.3, -0.25) is 19.2 Å². The maximum absolute atomic E-state index is 13.6. The number of hydrogen-bond acceptors (Lipinski definition) is 7. The third-order valence-electron chi connectivity index (χ3n) is 6.63. The number of hydrogen-bond donors (Lipinski definition) is 3. The zero-order chi connectivity index (χ0) is 27.8. The summed E-state index contributed by atoms with van der Waals surface area (Å²) < 4.78 is 0. The molecule has 8 heteroatoms. The molecular formula is C32H21N3O4S. The number of para-hydroxylation sites is 1. The number of amides is 1. The molecule has 1 heterocycles. The Morgan fingerprint density at radius 3 is 1.90 bits per heavy atom. The minimum atomic E-state index is -0.561. The molecule has 194 valence electrons. The van der Waals surface area contributed by atoms with Gasteiger partial charge in [-0.2, -0.15) is 0 Å². The lowest BCUT2D eigenvalue weighted by atomic mass is 9.84. The van der Waals surface area contributed by atoms with Crippen molar-refractivity contribution in [1.82, 2.24) is 0 Å². The van der Waals surface area contributed by atoms with Crippen LogP contribution in [0.5, 0.6) is 0 Å². The number of carbonyl (C=O) groups excluding carboxylic acids is 4. The Morgan fingerprint density at radius 2 is 1.23 bits per heavy atom. The van der Waals surface area contributed by atoms with E-state index in [4.69, 9.17) is 5.73 Å². The molecule has 0 saturated carbocycles. The second kappa shape index (κ2) is 10.1. The molecule has 6 rings (SSSR count). The van der Waals surface area contributed by atoms with Crippen molar-refractivity contribution >= 4 is 56.7 Å². The fourth-order valence-corrected chi connectivity index (χ4v) is 5.77. The van der Waals surface area contributed by atoms with E-state index in [0.29, 0.717) is 33.1 Å². The van der Waals surface area contributed by atoms with E-state index in [1.807, 2.05) is 36.4 Å². The van der Waals surface area contributed by atoms with Gasteiger partial charge in [0.2, 0.25) is 5.78 Å². The Labute approximate surface area is 233 Å². The second-order valence-electron chi connectivity index (χ2n) is 9.15. The molecule has 1 aromatic heterocycles. The largest absolute Gasteiger partial charge is 0.397 e. The third-order valence-corrected chi connectivity index (χ3v) is 7.75. The molecule has 1 aliphatic carbocycles. The van der Waals surface area contributed by atoms with Crippen molar-refractivity contribution in [2.45, 2.75) is 0 Å². The van der Waals surface area contributed by atoms with Crippen molar-refractivity contribution in [3.05, 3.63) is 141 Å². The first-order valence-corrected chi connectivity index (χ1v) is 13.2. The summed E-state index contributed by atoms with van der Waals surface area (Å²) in [5.74, 6) is -1.40. The van der Waals surface area contributed by atoms with Crippen molar-refractivity contribution < 1.29 is 19.2 Å². The van der Waals surface area contributed by atoms with Crippen molar-refractivity contribution in [3.8, 4) is 0 Å². The Kier molecular flexibility index (Phi) is 6.30. The molecule has 1 amide bonds. The van der Waals surface area contributed by atoms with Gasteiger partial charge in [0.25, 0.3) is 5.91 Å². The van der Waals surface area contributed by atoms with E-state index in [9.17, 15) is 19.2 Å². The monoisotopic (exact) mass is 543 g/mol. The number of carbonyl (C=O) groups is 4. The van der Waals surface area contributed by atoms with Crippen molar-refractivity contribution in [3.63, 3.8) is 0 Å². The first-order chi connectivity index (χ1) is 19.4. The van der Waals surface area contributed by atoms with Gasteiger partial charge in [-0.25, -0.2) is 0 Å². The number of thiophene rings is 1. The van der Waals surface area contributed by atoms with Crippen LogP contribution in [-0.2, 0) is 0 Å². The van der Waals surface area contributed by atoms with Crippen LogP contribution in [0, 0.1) is 0 Å². The van der Waals surface area contributed by atoms with Gasteiger partial charge in [0.05, 0.1) is 11.3 Å². The van der Waals surface area contributed by atoms with E-state index in [2.05, 4.69) is 10.6 Å². The van der Waals surface area contributed by atoms with Gasteiger partial charge in [-0.05, 0) is 30.3 Å². The molecule has 0 atom stereocenters. The molecule has 1 aliphatic rings. The molecule has 0 fully saturated rings. The highest BCUT2D eigenvalue weighted by atomic mass is 32.1. The summed E-state index contributed by atoms with van der Waals surface area (Å²) in [6.45, 7) is 0. The standard InChI is InChI=1S/C32H21N3O4S/c33-26-25(32(35-19-11-5-2-6-12-19)40-30(26)27(36)18-9-3-1-4-10-18)31(39)34-20-15-16-23-24(17-20)29(38)22-14-8-7-13-21(22)28(23)37/h1-17,35H,33H2,(H,34,39). The highest BCUT2D eigenvalue weighted by Gasteiger charge is 2.30. The summed E-state index contributed by atoms with van der Waals surface area (Å²) in [5, 5.41) is 6.41. The van der Waals surface area contributed by atoms with E-state index >= 15 is 0 Å². The van der Waals surface area contributed by atoms with Crippen molar-refractivity contribution in [1.29, 1.82) is 0 Å². The second-order valence-corrected chi connectivity index (χ2v) is 10.2. The molecule has 4 aromatic carbocycles. The SMILES string of the molecule is Nc1c(C(=O)c2ccccc2)sc(Nc2ccccc2)c1C(=O)Nc1ccc2c(c1)C(=O)c1ccccc1C2=O. The maximum Gasteiger partial charge on any atom is 0.260 e. The lowest BCUT2D eigenvalue weighted by Crippen LogP contribution is -2.21. The van der Waals surface area contributed by atoms with Crippen molar-refractivity contribution in [2.75, 3.05) is 16.4 Å². The highest BCUT2D eigenvalue weighted by Crippen LogP contribution is 2.39. The van der Waals surface area contributed by atoms with Crippen LogP contribution in [-0.4, -0.2) is 23.3 Å². The summed E-state index contributed by atoms with van der Waals surface area (Å²) in [4.78, 5) is 53.3. The van der Waals surface area contributed by atoms with Crippen molar-refractivity contribution in [2.24, 2.45) is 0 Å². The average molecular weight is 544 g/mol. The first kappa shape index (κ1) is 25.0. The first-order valence-electron chi connectivity index (χ1n) is 12.4. The Morgan fingerprint density at radius 1 is 0.650 bits per heavy atom. The number of fused-ring (bicyclic) bond motifs is 2. The molecule has 0 saturated heterocycles. The minimum absolute atomic E-state index is 0.0490. The van der Waals surface area contributed by atoms with E-state index in [1.54, 1.807) is 54.6 Å². The predicted molar refractivity (Wildman–Crippen MR) is 156 cm³/mol. The zero-order valence-electron chi connectivity index (χ0n) is 20.9. The van der Waals surface area contributed by atoms with Gasteiger partial charge < -0.3 is 16.4 Å². The Balaban J connectivity index is 1.36. The Hall–Kier alpha value is -5.34. The van der Waals surface area contributed by atoms with Gasteiger partial charge in [-0.1, -0.05) is 72.8 Å². The quantitative estimate of drug-likeness (QED) is 0.211. The fraction of sp³-hybridized carbons (Fsp3) is 0. The van der Waals surface area contributed by atoms with Gasteiger partial charge in [0.15, 0.2) is 11.6 Å². The van der Waals surface area contributed by atoms with Gasteiger partial charge >= 0.3 is 0 Å². The summed E-state index contributed by atoms with van der Waals surface area (Å²) in [5.41, 5.74) is 9.25. The van der Waals surface area contributed by atoms with E-state index in [-0.39, 0.29) is 44.6 Å². The van der Waals surface area contributed by atoms with Crippen LogP contribution in [0.3, 0.4) is 0 Å². The van der Waals surface area contributed by atoms with Crippen LogP contribution >= 0.6 is 11.3 Å². The summed E-state index contributed by atoms with van der Waals surface area (Å²) in [7, 11) is 0. The fourth-order valence-electron chi connectivity index (χ4n) is 4.67.